The van der Waals surface area contributed by atoms with Crippen molar-refractivity contribution in [1.82, 2.24) is 4.90 Å². The first-order chi connectivity index (χ1) is 17.9. The summed E-state index contributed by atoms with van der Waals surface area (Å²) in [7, 11) is 1.32. The van der Waals surface area contributed by atoms with E-state index in [1.807, 2.05) is 19.1 Å². The Morgan fingerprint density at radius 3 is 2.49 bits per heavy atom. The van der Waals surface area contributed by atoms with Crippen LogP contribution in [0.4, 0.5) is 11.4 Å². The van der Waals surface area contributed by atoms with Crippen molar-refractivity contribution >= 4 is 46.3 Å². The molecule has 1 fully saturated rings. The number of rotatable bonds is 8. The maximum Gasteiger partial charge on any atom is 0.337 e. The molecule has 0 spiro atoms. The van der Waals surface area contributed by atoms with Crippen LogP contribution >= 0.6 is 11.8 Å². The normalized spacial score (nSPS) is 15.3. The summed E-state index contributed by atoms with van der Waals surface area (Å²) >= 11 is 1.27. The number of methoxy groups -OCH3 is 1. The number of nitro benzene ring substituents is 1. The van der Waals surface area contributed by atoms with Crippen LogP contribution in [0, 0.1) is 10.1 Å². The summed E-state index contributed by atoms with van der Waals surface area (Å²) in [4.78, 5) is 41.8. The molecule has 0 unspecified atom stereocenters. The zero-order chi connectivity index (χ0) is 26.4. The lowest BCUT2D eigenvalue weighted by Crippen LogP contribution is -2.28. The number of thioether (sulfide) groups is 1. The number of ether oxygens (including phenoxy) is 2. The van der Waals surface area contributed by atoms with E-state index < -0.39 is 10.9 Å². The molecule has 0 N–H and O–H groups in total. The molecule has 0 radical (unpaired) electrons. The van der Waals surface area contributed by atoms with Crippen molar-refractivity contribution in [2.24, 2.45) is 4.99 Å². The molecule has 0 atom stereocenters. The number of hydrogen-bond acceptors (Lipinski definition) is 8. The molecule has 0 saturated carbocycles. The smallest absolute Gasteiger partial charge is 0.337 e. The predicted octanol–water partition coefficient (Wildman–Crippen LogP) is 5.58. The lowest BCUT2D eigenvalue weighted by atomic mass is 10.2. The second-order valence-corrected chi connectivity index (χ2v) is 8.89. The van der Waals surface area contributed by atoms with Gasteiger partial charge in [-0.05, 0) is 78.4 Å². The molecule has 1 aliphatic rings. The number of esters is 1. The topological polar surface area (TPSA) is 111 Å². The first-order valence-corrected chi connectivity index (χ1v) is 12.1. The van der Waals surface area contributed by atoms with Gasteiger partial charge in [0.2, 0.25) is 0 Å². The van der Waals surface area contributed by atoms with E-state index in [1.54, 1.807) is 59.5 Å². The molecule has 3 aromatic rings. The van der Waals surface area contributed by atoms with E-state index in [2.05, 4.69) is 4.99 Å². The van der Waals surface area contributed by atoms with E-state index in [0.717, 1.165) is 11.1 Å². The van der Waals surface area contributed by atoms with Crippen LogP contribution < -0.4 is 4.74 Å². The number of likely N-dealkylation sites (N-methyl/N-ethyl adjacent to an activating group) is 1. The number of nitrogens with zero attached hydrogens (tertiary/aromatic N) is 3. The third kappa shape index (κ3) is 6.22. The summed E-state index contributed by atoms with van der Waals surface area (Å²) in [5.74, 6) is 0.0352. The molecule has 0 bridgehead atoms. The van der Waals surface area contributed by atoms with Gasteiger partial charge in [0.1, 0.15) is 12.4 Å². The largest absolute Gasteiger partial charge is 0.489 e. The van der Waals surface area contributed by atoms with Crippen LogP contribution in [0.3, 0.4) is 0 Å². The van der Waals surface area contributed by atoms with Crippen LogP contribution in [0.1, 0.15) is 28.4 Å². The predicted molar refractivity (Wildman–Crippen MR) is 142 cm³/mol. The van der Waals surface area contributed by atoms with Gasteiger partial charge in [0.15, 0.2) is 5.17 Å². The van der Waals surface area contributed by atoms with Crippen LogP contribution in [0.15, 0.2) is 82.7 Å². The van der Waals surface area contributed by atoms with E-state index in [9.17, 15) is 19.7 Å². The minimum absolute atomic E-state index is 0.0324. The Hall–Kier alpha value is -4.44. The third-order valence-electron chi connectivity index (χ3n) is 5.43. The number of carbonyl (C=O) groups is 2. The maximum atomic E-state index is 13.0. The van der Waals surface area contributed by atoms with Gasteiger partial charge in [-0.15, -0.1) is 0 Å². The summed E-state index contributed by atoms with van der Waals surface area (Å²) < 4.78 is 10.5. The Labute approximate surface area is 217 Å². The fourth-order valence-corrected chi connectivity index (χ4v) is 4.56. The Balaban J connectivity index is 1.45. The molecule has 4 rings (SSSR count). The molecule has 0 aromatic heterocycles. The molecule has 1 heterocycles. The molecule has 1 amide bonds. The van der Waals surface area contributed by atoms with Crippen molar-refractivity contribution in [3.63, 3.8) is 0 Å². The standard InChI is InChI=1S/C27H23N3O6S/c1-3-29-25(31)24(37-27(29)28-21-6-4-5-20(16-21)26(32)35-2)15-18-9-13-23(14-10-18)36-17-19-7-11-22(12-8-19)30(33)34/h4-16H,3,17H2,1-2H3. The van der Waals surface area contributed by atoms with E-state index >= 15 is 0 Å². The minimum Gasteiger partial charge on any atom is -0.489 e. The van der Waals surface area contributed by atoms with Crippen LogP contribution in [0.25, 0.3) is 6.08 Å². The van der Waals surface area contributed by atoms with Gasteiger partial charge < -0.3 is 9.47 Å². The Bertz CT molecular complexity index is 1380. The zero-order valence-corrected chi connectivity index (χ0v) is 20.9. The highest BCUT2D eigenvalue weighted by atomic mass is 32.2. The SMILES string of the molecule is CCN1C(=O)C(=Cc2ccc(OCc3ccc([N+](=O)[O-])cc3)cc2)SC1=Nc1cccc(C(=O)OC)c1. The van der Waals surface area contributed by atoms with Gasteiger partial charge in [0.25, 0.3) is 11.6 Å². The molecule has 1 saturated heterocycles. The summed E-state index contributed by atoms with van der Waals surface area (Å²) in [6, 6.07) is 20.2. The van der Waals surface area contributed by atoms with Crippen LogP contribution in [0.2, 0.25) is 0 Å². The molecular weight excluding hydrogens is 494 g/mol. The average molecular weight is 518 g/mol. The lowest BCUT2D eigenvalue weighted by Gasteiger charge is -2.12. The number of amides is 1. The van der Waals surface area contributed by atoms with Gasteiger partial charge in [0.05, 0.1) is 28.2 Å². The van der Waals surface area contributed by atoms with Crippen molar-refractivity contribution in [2.45, 2.75) is 13.5 Å². The first kappa shape index (κ1) is 25.6. The first-order valence-electron chi connectivity index (χ1n) is 11.3. The Morgan fingerprint density at radius 1 is 1.11 bits per heavy atom. The number of non-ortho nitro benzene ring substituents is 1. The number of benzene rings is 3. The van der Waals surface area contributed by atoms with Gasteiger partial charge in [-0.1, -0.05) is 18.2 Å². The summed E-state index contributed by atoms with van der Waals surface area (Å²) in [6.07, 6.45) is 1.79. The highest BCUT2D eigenvalue weighted by Gasteiger charge is 2.32. The number of amidine groups is 1. The van der Waals surface area contributed by atoms with E-state index in [1.165, 1.54) is 31.0 Å². The number of hydrogen-bond donors (Lipinski definition) is 0. The lowest BCUT2D eigenvalue weighted by molar-refractivity contribution is -0.384. The summed E-state index contributed by atoms with van der Waals surface area (Å²) in [5, 5.41) is 11.3. The molecule has 0 aliphatic carbocycles. The molecule has 3 aromatic carbocycles. The van der Waals surface area contributed by atoms with Crippen LogP contribution in [-0.4, -0.2) is 40.5 Å². The average Bonchev–Trinajstić information content (AvgIpc) is 3.21. The van der Waals surface area contributed by atoms with Crippen molar-refractivity contribution in [1.29, 1.82) is 0 Å². The fraction of sp³-hybridized carbons (Fsp3) is 0.148. The van der Waals surface area contributed by atoms with Crippen molar-refractivity contribution in [3.05, 3.63) is 105 Å². The Morgan fingerprint density at radius 2 is 1.84 bits per heavy atom. The van der Waals surface area contributed by atoms with Gasteiger partial charge >= 0.3 is 5.97 Å². The minimum atomic E-state index is -0.453. The second kappa shape index (κ2) is 11.5. The van der Waals surface area contributed by atoms with E-state index in [-0.39, 0.29) is 18.2 Å². The number of aliphatic imine (C=N–C) groups is 1. The molecule has 188 valence electrons. The van der Waals surface area contributed by atoms with Crippen LogP contribution in [-0.2, 0) is 16.1 Å². The summed E-state index contributed by atoms with van der Waals surface area (Å²) in [6.45, 7) is 2.60. The molecule has 9 nitrogen and oxygen atoms in total. The highest BCUT2D eigenvalue weighted by molar-refractivity contribution is 8.18. The maximum absolute atomic E-state index is 13.0. The van der Waals surface area contributed by atoms with Crippen molar-refractivity contribution in [2.75, 3.05) is 13.7 Å². The fourth-order valence-electron chi connectivity index (χ4n) is 3.49. The van der Waals surface area contributed by atoms with Gasteiger partial charge in [-0.3, -0.25) is 19.8 Å². The van der Waals surface area contributed by atoms with Crippen LogP contribution in [0.5, 0.6) is 5.75 Å². The second-order valence-electron chi connectivity index (χ2n) is 7.88. The zero-order valence-electron chi connectivity index (χ0n) is 20.1. The Kier molecular flexibility index (Phi) is 7.99. The summed E-state index contributed by atoms with van der Waals surface area (Å²) in [5.41, 5.74) is 2.60. The highest BCUT2D eigenvalue weighted by Crippen LogP contribution is 2.34. The number of nitro groups is 1. The number of carbonyl (C=O) groups excluding carboxylic acids is 2. The molecule has 37 heavy (non-hydrogen) atoms. The molecular formula is C27H23N3O6S. The van der Waals surface area contributed by atoms with Crippen molar-refractivity contribution < 1.29 is 24.0 Å². The molecule has 1 aliphatic heterocycles. The third-order valence-corrected chi connectivity index (χ3v) is 6.43. The van der Waals surface area contributed by atoms with Crippen molar-refractivity contribution in [3.8, 4) is 5.75 Å². The van der Waals surface area contributed by atoms with E-state index in [4.69, 9.17) is 9.47 Å². The van der Waals surface area contributed by atoms with E-state index in [0.29, 0.717) is 33.6 Å². The monoisotopic (exact) mass is 517 g/mol. The molecule has 10 heteroatoms. The van der Waals surface area contributed by atoms with Gasteiger partial charge in [-0.2, -0.15) is 0 Å². The quantitative estimate of drug-likeness (QED) is 0.166. The van der Waals surface area contributed by atoms with Gasteiger partial charge in [-0.25, -0.2) is 9.79 Å². The van der Waals surface area contributed by atoms with Gasteiger partial charge in [0, 0.05) is 18.7 Å².